The second-order valence-electron chi connectivity index (χ2n) is 5.77. The average Bonchev–Trinajstić information content (AvgIpc) is 2.80. The number of rotatable bonds is 5. The van der Waals surface area contributed by atoms with Crippen molar-refractivity contribution in [2.45, 2.75) is 46.3 Å². The molecule has 0 aliphatic heterocycles. The lowest BCUT2D eigenvalue weighted by atomic mass is 10.1. The first kappa shape index (κ1) is 14.3. The van der Waals surface area contributed by atoms with Gasteiger partial charge in [-0.3, -0.25) is 4.98 Å². The van der Waals surface area contributed by atoms with Gasteiger partial charge in [0.15, 0.2) is 0 Å². The first-order chi connectivity index (χ1) is 9.11. The number of hydrogen-bond acceptors (Lipinski definition) is 4. The van der Waals surface area contributed by atoms with Crippen molar-refractivity contribution in [3.05, 3.63) is 23.0 Å². The van der Waals surface area contributed by atoms with E-state index in [9.17, 15) is 10.2 Å². The number of aliphatic hydroxyl groups excluding tert-OH is 1. The van der Waals surface area contributed by atoms with Gasteiger partial charge in [-0.15, -0.1) is 0 Å². The standard InChI is InChI=1S/C15H24N2O2/c1-10-3-4-12(5-10)6-16-8-14-13(9-18)7-17-11(2)15(14)19/h7,10,12,16,18-19H,3-6,8-9H2,1-2H3. The molecule has 4 nitrogen and oxygen atoms in total. The fraction of sp³-hybridized carbons (Fsp3) is 0.667. The predicted molar refractivity (Wildman–Crippen MR) is 74.8 cm³/mol. The molecule has 2 atom stereocenters. The minimum atomic E-state index is -0.0850. The molecule has 0 amide bonds. The molecule has 1 heterocycles. The van der Waals surface area contributed by atoms with Crippen LogP contribution < -0.4 is 5.32 Å². The molecule has 4 heteroatoms. The van der Waals surface area contributed by atoms with Gasteiger partial charge in [0.25, 0.3) is 0 Å². The molecule has 0 aromatic carbocycles. The van der Waals surface area contributed by atoms with Gasteiger partial charge in [0.05, 0.1) is 12.3 Å². The second kappa shape index (κ2) is 6.35. The molecule has 1 aromatic heterocycles. The zero-order chi connectivity index (χ0) is 13.8. The van der Waals surface area contributed by atoms with Gasteiger partial charge in [-0.2, -0.15) is 0 Å². The predicted octanol–water partition coefficient (Wildman–Crippen LogP) is 2.11. The lowest BCUT2D eigenvalue weighted by molar-refractivity contribution is 0.278. The Morgan fingerprint density at radius 1 is 1.42 bits per heavy atom. The summed E-state index contributed by atoms with van der Waals surface area (Å²) < 4.78 is 0. The van der Waals surface area contributed by atoms with Crippen LogP contribution in [0.3, 0.4) is 0 Å². The van der Waals surface area contributed by atoms with Gasteiger partial charge < -0.3 is 15.5 Å². The smallest absolute Gasteiger partial charge is 0.141 e. The van der Waals surface area contributed by atoms with Crippen molar-refractivity contribution in [1.82, 2.24) is 10.3 Å². The number of nitrogens with one attached hydrogen (secondary N) is 1. The maximum absolute atomic E-state index is 10.0. The number of aryl methyl sites for hydroxylation is 1. The molecular formula is C15H24N2O2. The van der Waals surface area contributed by atoms with Crippen molar-refractivity contribution >= 4 is 0 Å². The van der Waals surface area contributed by atoms with Crippen LogP contribution >= 0.6 is 0 Å². The van der Waals surface area contributed by atoms with Crippen LogP contribution in [-0.2, 0) is 13.2 Å². The fourth-order valence-electron chi connectivity index (χ4n) is 2.93. The van der Waals surface area contributed by atoms with Gasteiger partial charge >= 0.3 is 0 Å². The molecule has 106 valence electrons. The van der Waals surface area contributed by atoms with Crippen LogP contribution in [0.5, 0.6) is 5.75 Å². The van der Waals surface area contributed by atoms with E-state index >= 15 is 0 Å². The van der Waals surface area contributed by atoms with Crippen molar-refractivity contribution in [2.75, 3.05) is 6.54 Å². The lowest BCUT2D eigenvalue weighted by Crippen LogP contribution is -2.22. The van der Waals surface area contributed by atoms with E-state index in [1.165, 1.54) is 19.3 Å². The van der Waals surface area contributed by atoms with E-state index in [0.29, 0.717) is 17.8 Å². The van der Waals surface area contributed by atoms with E-state index in [4.69, 9.17) is 0 Å². The SMILES string of the molecule is Cc1ncc(CO)c(CNCC2CCC(C)C2)c1O. The van der Waals surface area contributed by atoms with Crippen LogP contribution in [0.25, 0.3) is 0 Å². The maximum atomic E-state index is 10.0. The van der Waals surface area contributed by atoms with Gasteiger partial charge in [0.2, 0.25) is 0 Å². The van der Waals surface area contributed by atoms with Crippen molar-refractivity contribution in [1.29, 1.82) is 0 Å². The first-order valence-corrected chi connectivity index (χ1v) is 7.09. The second-order valence-corrected chi connectivity index (χ2v) is 5.77. The van der Waals surface area contributed by atoms with E-state index in [2.05, 4.69) is 17.2 Å². The van der Waals surface area contributed by atoms with Crippen molar-refractivity contribution < 1.29 is 10.2 Å². The Hall–Kier alpha value is -1.13. The Morgan fingerprint density at radius 2 is 2.21 bits per heavy atom. The van der Waals surface area contributed by atoms with Gasteiger partial charge in [-0.1, -0.05) is 13.3 Å². The summed E-state index contributed by atoms with van der Waals surface area (Å²) in [4.78, 5) is 4.07. The molecule has 0 bridgehead atoms. The zero-order valence-corrected chi connectivity index (χ0v) is 11.8. The van der Waals surface area contributed by atoms with E-state index < -0.39 is 0 Å². The summed E-state index contributed by atoms with van der Waals surface area (Å²) in [6.07, 6.45) is 5.56. The molecule has 1 saturated carbocycles. The fourth-order valence-corrected chi connectivity index (χ4v) is 2.93. The quantitative estimate of drug-likeness (QED) is 0.762. The summed E-state index contributed by atoms with van der Waals surface area (Å²) in [5.41, 5.74) is 2.10. The molecular weight excluding hydrogens is 240 g/mol. The monoisotopic (exact) mass is 264 g/mol. The summed E-state index contributed by atoms with van der Waals surface area (Å²) >= 11 is 0. The normalized spacial score (nSPS) is 22.9. The van der Waals surface area contributed by atoms with Gasteiger partial charge in [0, 0.05) is 23.9 Å². The highest BCUT2D eigenvalue weighted by molar-refractivity contribution is 5.40. The molecule has 3 N–H and O–H groups in total. The number of aliphatic hydroxyl groups is 1. The highest BCUT2D eigenvalue weighted by Crippen LogP contribution is 2.30. The Morgan fingerprint density at radius 3 is 2.84 bits per heavy atom. The minimum absolute atomic E-state index is 0.0850. The number of nitrogens with zero attached hydrogens (tertiary/aromatic N) is 1. The third-order valence-corrected chi connectivity index (χ3v) is 4.14. The molecule has 1 aliphatic rings. The lowest BCUT2D eigenvalue weighted by Gasteiger charge is -2.14. The van der Waals surface area contributed by atoms with Gasteiger partial charge in [-0.05, 0) is 38.1 Å². The third kappa shape index (κ3) is 3.45. The Balaban J connectivity index is 1.93. The van der Waals surface area contributed by atoms with Crippen LogP contribution in [0.15, 0.2) is 6.20 Å². The Bertz CT molecular complexity index is 434. The number of aromatic hydroxyl groups is 1. The molecule has 2 rings (SSSR count). The molecule has 2 unspecified atom stereocenters. The summed E-state index contributed by atoms with van der Waals surface area (Å²) in [5.74, 6) is 1.80. The molecule has 0 spiro atoms. The van der Waals surface area contributed by atoms with E-state index in [1.54, 1.807) is 13.1 Å². The van der Waals surface area contributed by atoms with Crippen LogP contribution in [-0.4, -0.2) is 21.7 Å². The van der Waals surface area contributed by atoms with Crippen LogP contribution in [0.4, 0.5) is 0 Å². The molecule has 19 heavy (non-hydrogen) atoms. The highest BCUT2D eigenvalue weighted by Gasteiger charge is 2.21. The highest BCUT2D eigenvalue weighted by atomic mass is 16.3. The average molecular weight is 264 g/mol. The summed E-state index contributed by atoms with van der Waals surface area (Å²) in [6, 6.07) is 0. The van der Waals surface area contributed by atoms with E-state index in [0.717, 1.165) is 23.9 Å². The van der Waals surface area contributed by atoms with Crippen molar-refractivity contribution in [3.8, 4) is 5.75 Å². The largest absolute Gasteiger partial charge is 0.506 e. The van der Waals surface area contributed by atoms with Gasteiger partial charge in [-0.25, -0.2) is 0 Å². The van der Waals surface area contributed by atoms with E-state index in [-0.39, 0.29) is 12.4 Å². The van der Waals surface area contributed by atoms with Gasteiger partial charge in [0.1, 0.15) is 5.75 Å². The Kier molecular flexibility index (Phi) is 4.77. The van der Waals surface area contributed by atoms with Crippen molar-refractivity contribution in [2.24, 2.45) is 11.8 Å². The topological polar surface area (TPSA) is 65.4 Å². The van der Waals surface area contributed by atoms with Crippen LogP contribution in [0.1, 0.15) is 43.0 Å². The molecule has 1 fully saturated rings. The number of aromatic nitrogens is 1. The molecule has 0 saturated heterocycles. The third-order valence-electron chi connectivity index (χ3n) is 4.14. The molecule has 0 radical (unpaired) electrons. The minimum Gasteiger partial charge on any atom is -0.506 e. The Labute approximate surface area is 114 Å². The maximum Gasteiger partial charge on any atom is 0.141 e. The zero-order valence-electron chi connectivity index (χ0n) is 11.8. The summed E-state index contributed by atoms with van der Waals surface area (Å²) in [5, 5.41) is 22.7. The number of pyridine rings is 1. The van der Waals surface area contributed by atoms with Crippen LogP contribution in [0, 0.1) is 18.8 Å². The summed E-state index contributed by atoms with van der Waals surface area (Å²) in [6.45, 7) is 5.57. The molecule has 1 aromatic rings. The van der Waals surface area contributed by atoms with E-state index in [1.807, 2.05) is 0 Å². The summed E-state index contributed by atoms with van der Waals surface area (Å²) in [7, 11) is 0. The first-order valence-electron chi connectivity index (χ1n) is 7.09. The van der Waals surface area contributed by atoms with Crippen molar-refractivity contribution in [3.63, 3.8) is 0 Å². The number of hydrogen-bond donors (Lipinski definition) is 3. The van der Waals surface area contributed by atoms with Crippen LogP contribution in [0.2, 0.25) is 0 Å². The molecule has 1 aliphatic carbocycles.